The summed E-state index contributed by atoms with van der Waals surface area (Å²) in [5.74, 6) is 0.781. The van der Waals surface area contributed by atoms with Crippen molar-refractivity contribution in [1.29, 1.82) is 0 Å². The Hall–Kier alpha value is -0.870. The van der Waals surface area contributed by atoms with Crippen molar-refractivity contribution in [3.05, 3.63) is 34.3 Å². The molecule has 1 aromatic rings. The highest BCUT2D eigenvalue weighted by molar-refractivity contribution is 9.10. The van der Waals surface area contributed by atoms with Gasteiger partial charge in [0.2, 0.25) is 5.91 Å². The third kappa shape index (κ3) is 4.32. The third-order valence-corrected chi connectivity index (χ3v) is 4.11. The largest absolute Gasteiger partial charge is 0.384 e. The van der Waals surface area contributed by atoms with Crippen molar-refractivity contribution >= 4 is 21.8 Å². The lowest BCUT2D eigenvalue weighted by atomic mass is 10.1. The van der Waals surface area contributed by atoms with Crippen molar-refractivity contribution < 1.29 is 9.53 Å². The topological polar surface area (TPSA) is 29.5 Å². The van der Waals surface area contributed by atoms with Gasteiger partial charge in [0.15, 0.2) is 0 Å². The van der Waals surface area contributed by atoms with Gasteiger partial charge in [0.25, 0.3) is 0 Å². The van der Waals surface area contributed by atoms with Crippen molar-refractivity contribution in [3.8, 4) is 0 Å². The van der Waals surface area contributed by atoms with E-state index >= 15 is 0 Å². The number of carbonyl (C=O) groups is 1. The van der Waals surface area contributed by atoms with Crippen molar-refractivity contribution in [2.75, 3.05) is 26.8 Å². The van der Waals surface area contributed by atoms with Crippen LogP contribution in [-0.4, -0.2) is 37.6 Å². The average Bonchev–Trinajstić information content (AvgIpc) is 2.87. The van der Waals surface area contributed by atoms with E-state index in [-0.39, 0.29) is 5.91 Å². The lowest BCUT2D eigenvalue weighted by molar-refractivity contribution is -0.130. The Morgan fingerprint density at radius 1 is 1.42 bits per heavy atom. The Labute approximate surface area is 123 Å². The van der Waals surface area contributed by atoms with Crippen LogP contribution in [0.4, 0.5) is 0 Å². The van der Waals surface area contributed by atoms with Crippen molar-refractivity contribution in [2.24, 2.45) is 5.92 Å². The molecular weight excluding hydrogens is 306 g/mol. The van der Waals surface area contributed by atoms with E-state index in [1.807, 2.05) is 17.0 Å². The molecule has 19 heavy (non-hydrogen) atoms. The van der Waals surface area contributed by atoms with Gasteiger partial charge in [-0.15, -0.1) is 0 Å². The Bertz CT molecular complexity index is 419. The summed E-state index contributed by atoms with van der Waals surface area (Å²) in [5.41, 5.74) is 1.21. The number of halogens is 1. The van der Waals surface area contributed by atoms with E-state index < -0.39 is 0 Å². The van der Waals surface area contributed by atoms with E-state index in [0.29, 0.717) is 12.3 Å². The van der Waals surface area contributed by atoms with Crippen molar-refractivity contribution in [1.82, 2.24) is 4.90 Å². The molecule has 1 fully saturated rings. The van der Waals surface area contributed by atoms with Gasteiger partial charge in [0.1, 0.15) is 0 Å². The van der Waals surface area contributed by atoms with Crippen LogP contribution >= 0.6 is 15.9 Å². The molecule has 0 aliphatic carbocycles. The number of likely N-dealkylation sites (tertiary alicyclic amines) is 1. The first-order valence-corrected chi connectivity index (χ1v) is 7.49. The molecule has 1 amide bonds. The second-order valence-corrected chi connectivity index (χ2v) is 5.99. The summed E-state index contributed by atoms with van der Waals surface area (Å²) in [6, 6.07) is 8.17. The quantitative estimate of drug-likeness (QED) is 0.833. The van der Waals surface area contributed by atoms with Crippen LogP contribution < -0.4 is 0 Å². The number of ether oxygens (including phenoxy) is 1. The van der Waals surface area contributed by atoms with Gasteiger partial charge in [-0.25, -0.2) is 0 Å². The number of rotatable bonds is 5. The number of methoxy groups -OCH3 is 1. The summed E-state index contributed by atoms with van der Waals surface area (Å²) < 4.78 is 6.23. The number of amides is 1. The summed E-state index contributed by atoms with van der Waals surface area (Å²) in [6.45, 7) is 2.50. The van der Waals surface area contributed by atoms with E-state index in [1.165, 1.54) is 5.56 Å². The maximum atomic E-state index is 12.1. The molecule has 1 heterocycles. The van der Waals surface area contributed by atoms with E-state index in [0.717, 1.165) is 37.0 Å². The number of hydrogen-bond acceptors (Lipinski definition) is 2. The summed E-state index contributed by atoms with van der Waals surface area (Å²) in [6.07, 6.45) is 2.48. The first-order valence-electron chi connectivity index (χ1n) is 6.70. The zero-order chi connectivity index (χ0) is 13.7. The van der Waals surface area contributed by atoms with Gasteiger partial charge in [-0.1, -0.05) is 28.1 Å². The molecule has 2 rings (SSSR count). The van der Waals surface area contributed by atoms with Crippen LogP contribution in [0.5, 0.6) is 0 Å². The SMILES string of the molecule is COC[C@H]1CCN(C(=O)CCc2ccc(Br)cc2)C1. The maximum Gasteiger partial charge on any atom is 0.222 e. The molecule has 0 N–H and O–H groups in total. The van der Waals surface area contributed by atoms with Crippen LogP contribution in [0.25, 0.3) is 0 Å². The van der Waals surface area contributed by atoms with Gasteiger partial charge >= 0.3 is 0 Å². The molecule has 1 aromatic carbocycles. The number of aryl methyl sites for hydroxylation is 1. The highest BCUT2D eigenvalue weighted by atomic mass is 79.9. The Kier molecular flexibility index (Phi) is 5.40. The normalized spacial score (nSPS) is 18.8. The molecule has 0 spiro atoms. The van der Waals surface area contributed by atoms with E-state index in [1.54, 1.807) is 7.11 Å². The molecule has 104 valence electrons. The predicted molar refractivity (Wildman–Crippen MR) is 79.0 cm³/mol. The van der Waals surface area contributed by atoms with Crippen molar-refractivity contribution in [3.63, 3.8) is 0 Å². The first kappa shape index (κ1) is 14.5. The lowest BCUT2D eigenvalue weighted by Crippen LogP contribution is -2.29. The highest BCUT2D eigenvalue weighted by Gasteiger charge is 2.25. The molecule has 1 aliphatic rings. The highest BCUT2D eigenvalue weighted by Crippen LogP contribution is 2.18. The summed E-state index contributed by atoms with van der Waals surface area (Å²) >= 11 is 3.41. The zero-order valence-corrected chi connectivity index (χ0v) is 12.9. The molecule has 0 saturated carbocycles. The Morgan fingerprint density at radius 3 is 2.84 bits per heavy atom. The number of carbonyl (C=O) groups excluding carboxylic acids is 1. The van der Waals surface area contributed by atoms with Crippen LogP contribution in [0.15, 0.2) is 28.7 Å². The lowest BCUT2D eigenvalue weighted by Gasteiger charge is -2.16. The molecule has 4 heteroatoms. The molecule has 0 bridgehead atoms. The zero-order valence-electron chi connectivity index (χ0n) is 11.3. The summed E-state index contributed by atoms with van der Waals surface area (Å²) in [4.78, 5) is 14.1. The van der Waals surface area contributed by atoms with Gasteiger partial charge < -0.3 is 9.64 Å². The van der Waals surface area contributed by atoms with Crippen LogP contribution in [-0.2, 0) is 16.0 Å². The molecule has 1 saturated heterocycles. The smallest absolute Gasteiger partial charge is 0.222 e. The van der Waals surface area contributed by atoms with Gasteiger partial charge in [-0.05, 0) is 30.5 Å². The van der Waals surface area contributed by atoms with Gasteiger partial charge in [-0.2, -0.15) is 0 Å². The predicted octanol–water partition coefficient (Wildman–Crippen LogP) is 2.88. The Balaban J connectivity index is 1.77. The monoisotopic (exact) mass is 325 g/mol. The van der Waals surface area contributed by atoms with Gasteiger partial charge in [0, 0.05) is 37.0 Å². The van der Waals surface area contributed by atoms with Crippen LogP contribution in [0.2, 0.25) is 0 Å². The minimum Gasteiger partial charge on any atom is -0.384 e. The van der Waals surface area contributed by atoms with E-state index in [2.05, 4.69) is 28.1 Å². The number of nitrogens with zero attached hydrogens (tertiary/aromatic N) is 1. The van der Waals surface area contributed by atoms with Crippen molar-refractivity contribution in [2.45, 2.75) is 19.3 Å². The molecule has 1 aliphatic heterocycles. The second-order valence-electron chi connectivity index (χ2n) is 5.08. The van der Waals surface area contributed by atoms with Crippen LogP contribution in [0.3, 0.4) is 0 Å². The fourth-order valence-electron chi connectivity index (χ4n) is 2.49. The summed E-state index contributed by atoms with van der Waals surface area (Å²) in [7, 11) is 1.72. The van der Waals surface area contributed by atoms with E-state index in [9.17, 15) is 4.79 Å². The average molecular weight is 326 g/mol. The molecule has 3 nitrogen and oxygen atoms in total. The third-order valence-electron chi connectivity index (χ3n) is 3.58. The fourth-order valence-corrected chi connectivity index (χ4v) is 2.76. The van der Waals surface area contributed by atoms with Gasteiger partial charge in [-0.3, -0.25) is 4.79 Å². The number of hydrogen-bond donors (Lipinski definition) is 0. The van der Waals surface area contributed by atoms with Crippen LogP contribution in [0, 0.1) is 5.92 Å². The number of benzene rings is 1. The molecular formula is C15H20BrNO2. The second kappa shape index (κ2) is 7.06. The van der Waals surface area contributed by atoms with Crippen LogP contribution in [0.1, 0.15) is 18.4 Å². The molecule has 1 atom stereocenters. The molecule has 0 unspecified atom stereocenters. The van der Waals surface area contributed by atoms with Gasteiger partial charge in [0.05, 0.1) is 6.61 Å². The minimum atomic E-state index is 0.265. The minimum absolute atomic E-state index is 0.265. The van der Waals surface area contributed by atoms with E-state index in [4.69, 9.17) is 4.74 Å². The Morgan fingerprint density at radius 2 is 2.16 bits per heavy atom. The maximum absolute atomic E-state index is 12.1. The first-order chi connectivity index (χ1) is 9.19. The molecule has 0 radical (unpaired) electrons. The standard InChI is InChI=1S/C15H20BrNO2/c1-19-11-13-8-9-17(10-13)15(18)7-4-12-2-5-14(16)6-3-12/h2-3,5-6,13H,4,7-11H2,1H3/t13-/m0/s1. The summed E-state index contributed by atoms with van der Waals surface area (Å²) in [5, 5.41) is 0. The molecule has 0 aromatic heterocycles. The fraction of sp³-hybridized carbons (Fsp3) is 0.533.